The van der Waals surface area contributed by atoms with Crippen molar-refractivity contribution in [2.45, 2.75) is 201 Å². The molecule has 4 N–H and O–H groups in total. The summed E-state index contributed by atoms with van der Waals surface area (Å²) in [6.45, 7) is 26.3. The number of hydrogen-bond donors (Lipinski definition) is 4. The fraction of sp³-hybridized carbons (Fsp3) is 0.447. The first kappa shape index (κ1) is 84.9. The van der Waals surface area contributed by atoms with Crippen LogP contribution in [0.15, 0.2) is 202 Å². The molecule has 0 fully saturated rings. The zero-order valence-electron chi connectivity index (χ0n) is 55.5. The second kappa shape index (κ2) is 56.6. The second-order valence-electron chi connectivity index (χ2n) is 22.0. The molecule has 0 aliphatic rings. The number of nitrogens with zero attached hydrogens (tertiary/aromatic N) is 6. The molecule has 0 heterocycles. The Morgan fingerprint density at radius 2 is 0.648 bits per heavy atom. The van der Waals surface area contributed by atoms with Gasteiger partial charge in [0.15, 0.2) is 0 Å². The summed E-state index contributed by atoms with van der Waals surface area (Å²) < 4.78 is 16.7. The first-order valence-electron chi connectivity index (χ1n) is 32.3. The largest absolute Gasteiger partial charge is 0.551 e. The van der Waals surface area contributed by atoms with Gasteiger partial charge in [-0.15, -0.1) is 44.0 Å². The number of aliphatic hydroxyl groups is 4. The molecule has 0 aliphatic heterocycles. The molecule has 0 aliphatic carbocycles. The molecule has 0 saturated carbocycles. The van der Waals surface area contributed by atoms with Crippen molar-refractivity contribution in [3.63, 3.8) is 0 Å². The van der Waals surface area contributed by atoms with Gasteiger partial charge in [0, 0.05) is 46.6 Å². The molecule has 15 heteroatoms. The van der Waals surface area contributed by atoms with Crippen LogP contribution >= 0.6 is 0 Å². The number of ether oxygens (including phenoxy) is 3. The van der Waals surface area contributed by atoms with Gasteiger partial charge in [-0.05, 0) is 181 Å². The number of benzene rings is 6. The van der Waals surface area contributed by atoms with E-state index in [1.807, 2.05) is 115 Å². The number of azo groups is 3. The molecular weight excluding hydrogens is 1320 g/mol. The number of hydrogen-bond acceptors (Lipinski definition) is 13. The van der Waals surface area contributed by atoms with E-state index in [0.29, 0.717) is 38.3 Å². The molecule has 0 radical (unpaired) electrons. The van der Waals surface area contributed by atoms with Crippen LogP contribution in [0.1, 0.15) is 174 Å². The minimum absolute atomic E-state index is 0. The van der Waals surface area contributed by atoms with E-state index in [4.69, 9.17) is 34.6 Å². The average Bonchev–Trinajstić information content (AvgIpc) is 3.74. The van der Waals surface area contributed by atoms with Crippen molar-refractivity contribution < 1.29 is 75.5 Å². The van der Waals surface area contributed by atoms with Crippen LogP contribution in [0.4, 0.5) is 34.1 Å². The molecular formula is C76H106N6O7Pd2-2. The van der Waals surface area contributed by atoms with Crippen LogP contribution in [0, 0.1) is 12.1 Å². The van der Waals surface area contributed by atoms with Gasteiger partial charge in [-0.25, -0.2) is 0 Å². The summed E-state index contributed by atoms with van der Waals surface area (Å²) >= 11 is 0. The predicted octanol–water partition coefficient (Wildman–Crippen LogP) is 21.4. The van der Waals surface area contributed by atoms with E-state index in [1.165, 1.54) is 93.7 Å². The molecule has 13 nitrogen and oxygen atoms in total. The van der Waals surface area contributed by atoms with Crippen molar-refractivity contribution >= 4 is 34.1 Å². The van der Waals surface area contributed by atoms with Gasteiger partial charge in [0.05, 0.1) is 67.0 Å². The summed E-state index contributed by atoms with van der Waals surface area (Å²) in [6, 6.07) is 49.9. The van der Waals surface area contributed by atoms with Crippen molar-refractivity contribution in [2.75, 3.05) is 19.8 Å². The number of unbranched alkanes of at least 4 members (excludes halogenated alkanes) is 9. The summed E-state index contributed by atoms with van der Waals surface area (Å²) in [5.74, 6) is 2.46. The van der Waals surface area contributed by atoms with Crippen molar-refractivity contribution in [1.82, 2.24) is 0 Å². The third-order valence-electron chi connectivity index (χ3n) is 13.1. The maximum Gasteiger partial charge on any atom is 0.119 e. The maximum absolute atomic E-state index is 8.56. The third-order valence-corrected chi connectivity index (χ3v) is 13.1. The second-order valence-corrected chi connectivity index (χ2v) is 22.0. The fourth-order valence-electron chi connectivity index (χ4n) is 8.27. The zero-order chi connectivity index (χ0) is 65.0. The van der Waals surface area contributed by atoms with Crippen LogP contribution in [0.3, 0.4) is 0 Å². The van der Waals surface area contributed by atoms with Gasteiger partial charge in [-0.1, -0.05) is 134 Å². The Bertz CT molecular complexity index is 2470. The molecule has 6 rings (SSSR count). The standard InChI is InChI=1S/C22H28N2O.2C22H27N2O.2C5H12O2.2Pd/c3*1-3-5-7-8-9-19-10-12-20(13-11-19)23-24-21-14-16-22(17-15-21)25-18-6-4-2;2*1-4(6)3-5(2)7;;/h4,10-17H,2-3,5-9,18H2,1H3;4,10-12,14-17H,2-3,5-9,18H2,1H3;4,10-14,16-17H,2-3,5-9,18H2,1H3;2*4-7H,3H2,1-2H3;;/q;2*-1;;;;. The Balaban J connectivity index is 0.00000119. The Morgan fingerprint density at radius 3 is 0.934 bits per heavy atom. The van der Waals surface area contributed by atoms with E-state index in [2.05, 4.69) is 114 Å². The summed E-state index contributed by atoms with van der Waals surface area (Å²) in [5, 5.41) is 59.8. The minimum atomic E-state index is -0.375. The van der Waals surface area contributed by atoms with Crippen LogP contribution in [-0.2, 0) is 60.1 Å². The van der Waals surface area contributed by atoms with Gasteiger partial charge >= 0.3 is 0 Å². The van der Waals surface area contributed by atoms with Crippen molar-refractivity contribution in [3.8, 4) is 17.2 Å². The summed E-state index contributed by atoms with van der Waals surface area (Å²) in [4.78, 5) is 0. The first-order chi connectivity index (χ1) is 43.2. The Labute approximate surface area is 575 Å². The molecule has 6 aromatic rings. The van der Waals surface area contributed by atoms with Gasteiger partial charge < -0.3 is 34.6 Å². The topological polar surface area (TPSA) is 183 Å². The smallest absolute Gasteiger partial charge is 0.119 e. The average molecular weight is 1430 g/mol. The predicted molar refractivity (Wildman–Crippen MR) is 369 cm³/mol. The molecule has 0 amide bonds. The van der Waals surface area contributed by atoms with Crippen molar-refractivity contribution in [3.05, 3.63) is 200 Å². The Hall–Kier alpha value is -6.10. The summed E-state index contributed by atoms with van der Waals surface area (Å²) in [5.41, 5.74) is 8.85. The molecule has 6 aromatic carbocycles. The van der Waals surface area contributed by atoms with Crippen LogP contribution in [0.2, 0.25) is 0 Å². The fourth-order valence-corrected chi connectivity index (χ4v) is 8.27. The Morgan fingerprint density at radius 1 is 0.363 bits per heavy atom. The maximum atomic E-state index is 8.56. The van der Waals surface area contributed by atoms with Gasteiger partial charge in [-0.2, -0.15) is 60.5 Å². The van der Waals surface area contributed by atoms with E-state index in [9.17, 15) is 0 Å². The number of aryl methyl sites for hydroxylation is 3. The molecule has 0 aromatic heterocycles. The third kappa shape index (κ3) is 46.6. The quantitative estimate of drug-likeness (QED) is 0.00984. The van der Waals surface area contributed by atoms with Crippen LogP contribution < -0.4 is 14.2 Å². The van der Waals surface area contributed by atoms with Gasteiger partial charge in [0.2, 0.25) is 0 Å². The van der Waals surface area contributed by atoms with Crippen molar-refractivity contribution in [2.24, 2.45) is 30.7 Å². The van der Waals surface area contributed by atoms with Crippen molar-refractivity contribution in [1.29, 1.82) is 0 Å². The molecule has 91 heavy (non-hydrogen) atoms. The molecule has 4 unspecified atom stereocenters. The van der Waals surface area contributed by atoms with E-state index in [0.717, 1.165) is 84.2 Å². The number of rotatable bonds is 37. The van der Waals surface area contributed by atoms with E-state index >= 15 is 0 Å². The zero-order valence-corrected chi connectivity index (χ0v) is 58.6. The summed E-state index contributed by atoms with van der Waals surface area (Å²) in [7, 11) is 0. The van der Waals surface area contributed by atoms with Gasteiger partial charge in [0.1, 0.15) is 11.5 Å². The van der Waals surface area contributed by atoms with Gasteiger partial charge in [0.25, 0.3) is 0 Å². The Kier molecular flexibility index (Phi) is 52.8. The van der Waals surface area contributed by atoms with E-state index in [1.54, 1.807) is 33.8 Å². The van der Waals surface area contributed by atoms with Crippen LogP contribution in [0.25, 0.3) is 0 Å². The van der Waals surface area contributed by atoms with Gasteiger partial charge in [-0.3, -0.25) is 0 Å². The SMILES string of the molecule is C=CCCOc1c[c-]c(N=Nc2ccc(CCCCCC)cc2)cc1.C=CCCOc1ccc(N=Nc2[c-]cc(CCCCCC)cc2)cc1.C=CCCOc1ccc(N=Nc2ccc(CCCCCC)cc2)cc1.CC(O)CC(C)O.CC(O)CC(C)O.[Pd].[Pd]. The first-order valence-corrected chi connectivity index (χ1v) is 32.3. The minimum Gasteiger partial charge on any atom is -0.551 e. The summed E-state index contributed by atoms with van der Waals surface area (Å²) in [6.07, 6.45) is 26.3. The molecule has 4 atom stereocenters. The molecule has 0 saturated heterocycles. The van der Waals surface area contributed by atoms with E-state index < -0.39 is 0 Å². The van der Waals surface area contributed by atoms with Crippen LogP contribution in [0.5, 0.6) is 17.2 Å². The molecule has 0 bridgehead atoms. The monoisotopic (exact) mass is 1430 g/mol. The number of aliphatic hydroxyl groups excluding tert-OH is 4. The van der Waals surface area contributed by atoms with E-state index in [-0.39, 0.29) is 65.3 Å². The van der Waals surface area contributed by atoms with Crippen LogP contribution in [-0.4, -0.2) is 64.7 Å². The molecule has 504 valence electrons. The molecule has 0 spiro atoms. The normalized spacial score (nSPS) is 11.9.